The van der Waals surface area contributed by atoms with Gasteiger partial charge in [0.25, 0.3) is 0 Å². The maximum absolute atomic E-state index is 10.1. The summed E-state index contributed by atoms with van der Waals surface area (Å²) in [6.07, 6.45) is 8.89. The van der Waals surface area contributed by atoms with Gasteiger partial charge in [0.1, 0.15) is 11.5 Å². The van der Waals surface area contributed by atoms with Gasteiger partial charge in [-0.1, -0.05) is 60.7 Å². The second-order valence-corrected chi connectivity index (χ2v) is 7.20. The van der Waals surface area contributed by atoms with Gasteiger partial charge in [0, 0.05) is 36.2 Å². The third kappa shape index (κ3) is 3.61. The molecule has 0 saturated carbocycles. The maximum Gasteiger partial charge on any atom is 0.247 e. The molecule has 2 heterocycles. The van der Waals surface area contributed by atoms with Gasteiger partial charge in [0.05, 0.1) is 11.6 Å². The Bertz CT molecular complexity index is 1440. The molecule has 0 bridgehead atoms. The van der Waals surface area contributed by atoms with Crippen molar-refractivity contribution in [3.05, 3.63) is 102 Å². The quantitative estimate of drug-likeness (QED) is 0.481. The van der Waals surface area contributed by atoms with Crippen molar-refractivity contribution in [2.45, 2.75) is 6.42 Å². The van der Waals surface area contributed by atoms with Gasteiger partial charge in [-0.2, -0.15) is 10.2 Å². The number of fused-ring (bicyclic) bond motifs is 1. The average Bonchev–Trinajstić information content (AvgIpc) is 3.15. The molecule has 5 rings (SSSR count). The highest BCUT2D eigenvalue weighted by Gasteiger charge is 2.15. The molecule has 4 aromatic rings. The van der Waals surface area contributed by atoms with Crippen LogP contribution in [0, 0.1) is 11.3 Å². The minimum atomic E-state index is -0.0668. The van der Waals surface area contributed by atoms with Crippen LogP contribution in [0.4, 0.5) is 5.95 Å². The highest BCUT2D eigenvalue weighted by molar-refractivity contribution is 5.87. The first-order valence-electron chi connectivity index (χ1n) is 10.1. The average molecular weight is 418 g/mol. The third-order valence-corrected chi connectivity index (χ3v) is 5.13. The van der Waals surface area contributed by atoms with Gasteiger partial charge < -0.3 is 10.4 Å². The number of nitrogens with one attached hydrogen (secondary N) is 1. The highest BCUT2D eigenvalue weighted by atomic mass is 16.3. The Labute approximate surface area is 184 Å². The molecule has 2 aromatic heterocycles. The predicted octanol–water partition coefficient (Wildman–Crippen LogP) is 5.05. The molecule has 7 nitrogen and oxygen atoms in total. The summed E-state index contributed by atoms with van der Waals surface area (Å²) in [5.74, 6) is 0.295. The molecule has 32 heavy (non-hydrogen) atoms. The Morgan fingerprint density at radius 2 is 1.81 bits per heavy atom. The van der Waals surface area contributed by atoms with Crippen molar-refractivity contribution in [3.63, 3.8) is 0 Å². The van der Waals surface area contributed by atoms with Crippen molar-refractivity contribution in [2.75, 3.05) is 5.32 Å². The molecule has 1 aliphatic rings. The number of rotatable bonds is 4. The molecule has 0 radical (unpaired) electrons. The van der Waals surface area contributed by atoms with E-state index in [1.54, 1.807) is 29.1 Å². The molecular weight excluding hydrogens is 400 g/mol. The molecule has 2 N–H and O–H groups in total. The molecule has 0 aliphatic heterocycles. The van der Waals surface area contributed by atoms with Gasteiger partial charge in [0.15, 0.2) is 5.65 Å². The molecule has 0 unspecified atom stereocenters. The second kappa shape index (κ2) is 8.20. The lowest BCUT2D eigenvalue weighted by Gasteiger charge is -2.09. The maximum atomic E-state index is 10.1. The molecule has 1 aliphatic carbocycles. The van der Waals surface area contributed by atoms with Gasteiger partial charge in [-0.25, -0.2) is 4.52 Å². The van der Waals surface area contributed by atoms with E-state index in [1.807, 2.05) is 42.5 Å². The Kier molecular flexibility index (Phi) is 4.94. The molecule has 2 aromatic carbocycles. The summed E-state index contributed by atoms with van der Waals surface area (Å²) in [5, 5.41) is 26.8. The summed E-state index contributed by atoms with van der Waals surface area (Å²) in [6, 6.07) is 20.2. The van der Waals surface area contributed by atoms with E-state index < -0.39 is 0 Å². The number of allylic oxidation sites excluding steroid dienone is 4. The summed E-state index contributed by atoms with van der Waals surface area (Å²) in [7, 11) is 0. The van der Waals surface area contributed by atoms with Crippen molar-refractivity contribution in [3.8, 4) is 28.5 Å². The lowest BCUT2D eigenvalue weighted by atomic mass is 9.98. The lowest BCUT2D eigenvalue weighted by molar-refractivity contribution is 0.426. The number of hydrogen-bond acceptors (Lipinski definition) is 6. The number of hydrogen-bond donors (Lipinski definition) is 2. The topological polar surface area (TPSA) is 99.1 Å². The molecule has 7 heteroatoms. The van der Waals surface area contributed by atoms with Crippen molar-refractivity contribution in [1.29, 1.82) is 5.26 Å². The Morgan fingerprint density at radius 1 is 1.03 bits per heavy atom. The van der Waals surface area contributed by atoms with Crippen LogP contribution in [0.5, 0.6) is 0 Å². The van der Waals surface area contributed by atoms with E-state index in [1.165, 1.54) is 6.08 Å². The van der Waals surface area contributed by atoms with E-state index in [0.29, 0.717) is 35.0 Å². The van der Waals surface area contributed by atoms with E-state index in [9.17, 15) is 5.11 Å². The summed E-state index contributed by atoms with van der Waals surface area (Å²) >= 11 is 0. The Balaban J connectivity index is 1.57. The van der Waals surface area contributed by atoms with E-state index in [2.05, 4.69) is 38.6 Å². The van der Waals surface area contributed by atoms with Crippen LogP contribution < -0.4 is 5.32 Å². The minimum Gasteiger partial charge on any atom is -0.507 e. The second-order valence-electron chi connectivity index (χ2n) is 7.20. The molecule has 0 amide bonds. The fourth-order valence-electron chi connectivity index (χ4n) is 3.62. The molecular formula is C25H18N6O. The normalized spacial score (nSPS) is 13.5. The molecule has 0 fully saturated rings. The van der Waals surface area contributed by atoms with E-state index in [4.69, 9.17) is 5.26 Å². The molecule has 0 saturated heterocycles. The van der Waals surface area contributed by atoms with Crippen LogP contribution >= 0.6 is 0 Å². The van der Waals surface area contributed by atoms with Crippen molar-refractivity contribution in [1.82, 2.24) is 19.6 Å². The van der Waals surface area contributed by atoms with Gasteiger partial charge in [-0.05, 0) is 17.2 Å². The van der Waals surface area contributed by atoms with Crippen molar-refractivity contribution >= 4 is 11.6 Å². The Morgan fingerprint density at radius 3 is 2.62 bits per heavy atom. The lowest BCUT2D eigenvalue weighted by Crippen LogP contribution is -1.99. The fourth-order valence-corrected chi connectivity index (χ4v) is 3.62. The van der Waals surface area contributed by atoms with Gasteiger partial charge >= 0.3 is 0 Å². The molecule has 0 spiro atoms. The molecule has 0 atom stereocenters. The van der Waals surface area contributed by atoms with Crippen LogP contribution in [-0.2, 0) is 0 Å². The van der Waals surface area contributed by atoms with Crippen LogP contribution in [0.25, 0.3) is 28.0 Å². The number of nitriles is 1. The minimum absolute atomic E-state index is 0.0668. The fraction of sp³-hybridized carbons (Fsp3) is 0.0400. The summed E-state index contributed by atoms with van der Waals surface area (Å²) in [6.45, 7) is 0. The first-order chi connectivity index (χ1) is 15.7. The predicted molar refractivity (Wildman–Crippen MR) is 122 cm³/mol. The monoisotopic (exact) mass is 418 g/mol. The zero-order valence-corrected chi connectivity index (χ0v) is 17.0. The number of nitrogens with zero attached hydrogens (tertiary/aromatic N) is 5. The van der Waals surface area contributed by atoms with Crippen LogP contribution in [0.15, 0.2) is 102 Å². The van der Waals surface area contributed by atoms with Gasteiger partial charge in [-0.15, -0.1) is 5.10 Å². The number of benzene rings is 2. The summed E-state index contributed by atoms with van der Waals surface area (Å²) in [5.41, 5.74) is 5.32. The van der Waals surface area contributed by atoms with E-state index >= 15 is 0 Å². The zero-order valence-electron chi connectivity index (χ0n) is 17.0. The smallest absolute Gasteiger partial charge is 0.247 e. The number of aliphatic hydroxyl groups excluding tert-OH is 1. The van der Waals surface area contributed by atoms with E-state index in [-0.39, 0.29) is 5.76 Å². The Hall–Kier alpha value is -4.70. The van der Waals surface area contributed by atoms with Crippen LogP contribution in [-0.4, -0.2) is 24.7 Å². The highest BCUT2D eigenvalue weighted by Crippen LogP contribution is 2.32. The van der Waals surface area contributed by atoms with Gasteiger partial charge in [0.2, 0.25) is 5.95 Å². The van der Waals surface area contributed by atoms with Crippen molar-refractivity contribution < 1.29 is 5.11 Å². The largest absolute Gasteiger partial charge is 0.507 e. The first-order valence-corrected chi connectivity index (χ1v) is 10.1. The number of anilines is 1. The van der Waals surface area contributed by atoms with Crippen LogP contribution in [0.2, 0.25) is 0 Å². The van der Waals surface area contributed by atoms with Crippen molar-refractivity contribution in [2.24, 2.45) is 0 Å². The van der Waals surface area contributed by atoms with E-state index in [0.717, 1.165) is 16.7 Å². The summed E-state index contributed by atoms with van der Waals surface area (Å²) < 4.78 is 1.67. The summed E-state index contributed by atoms with van der Waals surface area (Å²) in [4.78, 5) is 9.26. The number of aliphatic hydroxyl groups is 1. The van der Waals surface area contributed by atoms with Gasteiger partial charge in [-0.3, -0.25) is 4.98 Å². The zero-order chi connectivity index (χ0) is 21.9. The third-order valence-electron chi connectivity index (χ3n) is 5.13. The van der Waals surface area contributed by atoms with Crippen LogP contribution in [0.1, 0.15) is 6.42 Å². The standard InChI is InChI=1S/C25H18N6O/c26-16-18-9-6-10-19(15-22(18)32)28-25-29-24-23(27-13-14-31(24)30-25)21-12-5-4-11-20(21)17-7-2-1-3-8-17/h1-8,10-15,32H,9H2,(H,28,30). The van der Waals surface area contributed by atoms with Crippen LogP contribution in [0.3, 0.4) is 0 Å². The first kappa shape index (κ1) is 19.3. The number of aromatic nitrogens is 4. The SMILES string of the molecule is N#CC1=C(O)C=C(Nc2nc3c(-c4ccccc4-c4ccccc4)nccn3n2)C=CC1. The molecule has 154 valence electrons.